The number of alkyl halides is 3. The first-order valence-corrected chi connectivity index (χ1v) is 13.1. The van der Waals surface area contributed by atoms with Crippen molar-refractivity contribution in [2.45, 2.75) is 58.0 Å². The van der Waals surface area contributed by atoms with Gasteiger partial charge in [0.1, 0.15) is 29.7 Å². The zero-order valence-electron chi connectivity index (χ0n) is 22.7. The third-order valence-corrected chi connectivity index (χ3v) is 7.63. The summed E-state index contributed by atoms with van der Waals surface area (Å²) in [6, 6.07) is 9.13. The predicted octanol–water partition coefficient (Wildman–Crippen LogP) is 4.74. The Bertz CT molecular complexity index is 1490. The molecule has 0 bridgehead atoms. The number of carbonyl (C=O) groups excluding carboxylic acids is 1. The van der Waals surface area contributed by atoms with E-state index in [2.05, 4.69) is 15.3 Å². The molecule has 1 fully saturated rings. The van der Waals surface area contributed by atoms with Gasteiger partial charge in [-0.1, -0.05) is 24.3 Å². The number of carbonyl (C=O) groups is 1. The number of methoxy groups -OCH3 is 1. The van der Waals surface area contributed by atoms with Crippen molar-refractivity contribution >= 4 is 11.7 Å². The van der Waals surface area contributed by atoms with Gasteiger partial charge < -0.3 is 15.0 Å². The molecule has 0 saturated heterocycles. The summed E-state index contributed by atoms with van der Waals surface area (Å²) in [4.78, 5) is 25.7. The van der Waals surface area contributed by atoms with Gasteiger partial charge in [0.05, 0.1) is 36.9 Å². The third-order valence-electron chi connectivity index (χ3n) is 7.63. The van der Waals surface area contributed by atoms with Crippen LogP contribution in [0.25, 0.3) is 11.3 Å². The number of benzene rings is 1. The van der Waals surface area contributed by atoms with Crippen LogP contribution >= 0.6 is 0 Å². The molecule has 3 aliphatic rings. The minimum Gasteiger partial charge on any atom is -0.480 e. The van der Waals surface area contributed by atoms with Crippen molar-refractivity contribution in [2.24, 2.45) is 5.41 Å². The summed E-state index contributed by atoms with van der Waals surface area (Å²) in [6.07, 6.45) is -0.404. The summed E-state index contributed by atoms with van der Waals surface area (Å²) in [7, 11) is 3.17. The zero-order chi connectivity index (χ0) is 28.4. The standard InChI is InChI=1S/C28H30F3N7O2/c1-27(2)14-38-21(11-19(35-38)22-23(17-9-10-17)32-15-33-25(22)40-4)37(26(27)39)12-16-5-7-18(8-6-16)24-34-20(13-36(24)3)28(29,30)31/h5-8,11,13,15,17,24,34H,9-10,12,14H2,1-4H3. The van der Waals surface area contributed by atoms with Crippen molar-refractivity contribution < 1.29 is 22.7 Å². The number of anilines is 1. The Morgan fingerprint density at radius 1 is 1.15 bits per heavy atom. The van der Waals surface area contributed by atoms with Gasteiger partial charge in [0.25, 0.3) is 0 Å². The minimum atomic E-state index is -4.44. The van der Waals surface area contributed by atoms with Crippen LogP contribution in [0.3, 0.4) is 0 Å². The van der Waals surface area contributed by atoms with E-state index in [-0.39, 0.29) is 12.5 Å². The molecule has 1 atom stereocenters. The predicted molar refractivity (Wildman–Crippen MR) is 141 cm³/mol. The molecule has 4 heterocycles. The van der Waals surface area contributed by atoms with E-state index in [0.717, 1.165) is 35.9 Å². The maximum Gasteiger partial charge on any atom is 0.432 e. The Morgan fingerprint density at radius 2 is 1.88 bits per heavy atom. The SMILES string of the molecule is COc1ncnc(C2CC2)c1-c1cc2n(n1)CC(C)(C)C(=O)N2Cc1ccc(C2NC(C(F)(F)F)=CN2C)cc1. The molecule has 1 aromatic carbocycles. The summed E-state index contributed by atoms with van der Waals surface area (Å²) < 4.78 is 46.9. The van der Waals surface area contributed by atoms with Gasteiger partial charge in [-0.2, -0.15) is 18.3 Å². The van der Waals surface area contributed by atoms with Crippen LogP contribution in [0.1, 0.15) is 55.6 Å². The number of rotatable bonds is 6. The highest BCUT2D eigenvalue weighted by molar-refractivity contribution is 5.98. The molecule has 12 heteroatoms. The number of allylic oxidation sites excluding steroid dienone is 1. The van der Waals surface area contributed by atoms with Crippen molar-refractivity contribution in [3.05, 3.63) is 65.4 Å². The number of nitrogens with one attached hydrogen (secondary N) is 1. The lowest BCUT2D eigenvalue weighted by Crippen LogP contribution is -2.48. The van der Waals surface area contributed by atoms with E-state index in [1.54, 1.807) is 31.2 Å². The number of hydrogen-bond acceptors (Lipinski definition) is 7. The normalized spacial score (nSPS) is 20.3. The van der Waals surface area contributed by atoms with Crippen LogP contribution in [0.4, 0.5) is 19.0 Å². The van der Waals surface area contributed by atoms with E-state index >= 15 is 0 Å². The van der Waals surface area contributed by atoms with Gasteiger partial charge in [0.2, 0.25) is 11.8 Å². The number of hydrogen-bond donors (Lipinski definition) is 1. The largest absolute Gasteiger partial charge is 0.480 e. The molecule has 3 aromatic rings. The minimum absolute atomic E-state index is 0.0366. The molecule has 1 N–H and O–H groups in total. The van der Waals surface area contributed by atoms with Crippen LogP contribution in [0.2, 0.25) is 0 Å². The quantitative estimate of drug-likeness (QED) is 0.472. The van der Waals surface area contributed by atoms with E-state index in [1.807, 2.05) is 36.7 Å². The van der Waals surface area contributed by atoms with Crippen molar-refractivity contribution in [1.82, 2.24) is 30.0 Å². The summed E-state index contributed by atoms with van der Waals surface area (Å²) in [6.45, 7) is 4.49. The van der Waals surface area contributed by atoms with E-state index in [0.29, 0.717) is 35.4 Å². The molecule has 1 amide bonds. The van der Waals surface area contributed by atoms with Gasteiger partial charge in [-0.15, -0.1) is 0 Å². The van der Waals surface area contributed by atoms with Crippen LogP contribution < -0.4 is 15.0 Å². The molecule has 1 saturated carbocycles. The highest BCUT2D eigenvalue weighted by Gasteiger charge is 2.42. The molecular weight excluding hydrogens is 523 g/mol. The lowest BCUT2D eigenvalue weighted by Gasteiger charge is -2.37. The van der Waals surface area contributed by atoms with Crippen molar-refractivity contribution in [1.29, 1.82) is 0 Å². The maximum atomic E-state index is 13.6. The second-order valence-corrected chi connectivity index (χ2v) is 11.2. The first-order chi connectivity index (χ1) is 19.0. The van der Waals surface area contributed by atoms with Gasteiger partial charge in [-0.25, -0.2) is 14.6 Å². The number of aromatic nitrogens is 4. The number of fused-ring (bicyclic) bond motifs is 1. The van der Waals surface area contributed by atoms with Gasteiger partial charge >= 0.3 is 6.18 Å². The molecule has 1 aliphatic carbocycles. The van der Waals surface area contributed by atoms with Crippen LogP contribution in [-0.4, -0.2) is 50.9 Å². The molecule has 6 rings (SSSR count). The summed E-state index contributed by atoms with van der Waals surface area (Å²) in [5.74, 6) is 1.42. The van der Waals surface area contributed by atoms with Crippen molar-refractivity contribution in [2.75, 3.05) is 19.1 Å². The number of ether oxygens (including phenoxy) is 1. The zero-order valence-corrected chi connectivity index (χ0v) is 22.7. The summed E-state index contributed by atoms with van der Waals surface area (Å²) in [5.41, 5.74) is 2.37. The van der Waals surface area contributed by atoms with Crippen LogP contribution in [0, 0.1) is 5.41 Å². The van der Waals surface area contributed by atoms with E-state index in [1.165, 1.54) is 11.2 Å². The molecule has 0 spiro atoms. The number of halogens is 3. The molecular formula is C28H30F3N7O2. The molecule has 1 unspecified atom stereocenters. The molecule has 2 aliphatic heterocycles. The Hall–Kier alpha value is -4.09. The van der Waals surface area contributed by atoms with Crippen molar-refractivity contribution in [3.8, 4) is 17.1 Å². The first-order valence-electron chi connectivity index (χ1n) is 13.1. The number of nitrogens with zero attached hydrogens (tertiary/aromatic N) is 6. The average Bonchev–Trinajstić information content (AvgIpc) is 3.56. The average molecular weight is 554 g/mol. The molecule has 2 aromatic heterocycles. The monoisotopic (exact) mass is 553 g/mol. The summed E-state index contributed by atoms with van der Waals surface area (Å²) >= 11 is 0. The second kappa shape index (κ2) is 9.24. The summed E-state index contributed by atoms with van der Waals surface area (Å²) in [5, 5.41) is 7.41. The topological polar surface area (TPSA) is 88.4 Å². The van der Waals surface area contributed by atoms with Gasteiger partial charge in [0, 0.05) is 25.2 Å². The fourth-order valence-corrected chi connectivity index (χ4v) is 5.40. The fraction of sp³-hybridized carbons (Fsp3) is 0.429. The lowest BCUT2D eigenvalue weighted by molar-refractivity contribution is -0.128. The Balaban J connectivity index is 1.30. The smallest absolute Gasteiger partial charge is 0.432 e. The first kappa shape index (κ1) is 26.1. The van der Waals surface area contributed by atoms with Crippen molar-refractivity contribution in [3.63, 3.8) is 0 Å². The lowest BCUT2D eigenvalue weighted by atomic mass is 9.89. The Kier molecular flexibility index (Phi) is 6.04. The van der Waals surface area contributed by atoms with Crippen LogP contribution in [-0.2, 0) is 17.9 Å². The third kappa shape index (κ3) is 4.54. The van der Waals surface area contributed by atoms with Gasteiger partial charge in [-0.3, -0.25) is 9.69 Å². The van der Waals surface area contributed by atoms with E-state index in [9.17, 15) is 18.0 Å². The fourth-order valence-electron chi connectivity index (χ4n) is 5.40. The molecule has 0 radical (unpaired) electrons. The Morgan fingerprint density at radius 3 is 2.50 bits per heavy atom. The Labute approximate surface area is 229 Å². The van der Waals surface area contributed by atoms with E-state index < -0.39 is 23.5 Å². The highest BCUT2D eigenvalue weighted by Crippen LogP contribution is 2.46. The van der Waals surface area contributed by atoms with Gasteiger partial charge in [-0.05, 0) is 37.8 Å². The van der Waals surface area contributed by atoms with Crippen LogP contribution in [0.15, 0.2) is 48.6 Å². The molecule has 9 nitrogen and oxygen atoms in total. The van der Waals surface area contributed by atoms with E-state index in [4.69, 9.17) is 9.84 Å². The molecule has 40 heavy (non-hydrogen) atoms. The second-order valence-electron chi connectivity index (χ2n) is 11.2. The van der Waals surface area contributed by atoms with Crippen LogP contribution in [0.5, 0.6) is 5.88 Å². The highest BCUT2D eigenvalue weighted by atomic mass is 19.4. The molecule has 210 valence electrons. The van der Waals surface area contributed by atoms with Gasteiger partial charge in [0.15, 0.2) is 0 Å². The number of amides is 1. The maximum absolute atomic E-state index is 13.6.